The predicted molar refractivity (Wildman–Crippen MR) is 105 cm³/mol. The highest BCUT2D eigenvalue weighted by molar-refractivity contribution is 7.99. The van der Waals surface area contributed by atoms with E-state index >= 15 is 0 Å². The first-order valence-electron chi connectivity index (χ1n) is 10.1. The molecular formula is C21H34O3S. The van der Waals surface area contributed by atoms with Gasteiger partial charge in [0.25, 0.3) is 0 Å². The number of thioether (sulfide) groups is 1. The van der Waals surface area contributed by atoms with E-state index in [1.54, 1.807) is 0 Å². The Labute approximate surface area is 157 Å². The van der Waals surface area contributed by atoms with E-state index in [0.717, 1.165) is 37.5 Å². The third-order valence-corrected chi connectivity index (χ3v) is 6.89. The number of ether oxygens (including phenoxy) is 1. The zero-order valence-electron chi connectivity index (χ0n) is 15.5. The van der Waals surface area contributed by atoms with E-state index < -0.39 is 5.97 Å². The van der Waals surface area contributed by atoms with E-state index in [-0.39, 0.29) is 0 Å². The number of carboxylic acid groups (broad SMARTS) is 1. The predicted octanol–water partition coefficient (Wildman–Crippen LogP) is 5.13. The molecule has 0 spiro atoms. The number of carbonyl (C=O) groups is 1. The lowest BCUT2D eigenvalue weighted by Crippen LogP contribution is -2.29. The minimum atomic E-state index is -0.669. The van der Waals surface area contributed by atoms with Crippen molar-refractivity contribution in [1.82, 2.24) is 0 Å². The van der Waals surface area contributed by atoms with Crippen LogP contribution >= 0.6 is 11.8 Å². The summed E-state index contributed by atoms with van der Waals surface area (Å²) >= 11 is 2.11. The van der Waals surface area contributed by atoms with Gasteiger partial charge in [0.2, 0.25) is 0 Å². The third kappa shape index (κ3) is 7.23. The number of unbranched alkanes of at least 4 members (excludes halogenated alkanes) is 6. The first kappa shape index (κ1) is 20.6. The summed E-state index contributed by atoms with van der Waals surface area (Å²) in [6, 6.07) is 0. The average molecular weight is 367 g/mol. The van der Waals surface area contributed by atoms with Crippen LogP contribution in [0.1, 0.15) is 77.0 Å². The maximum Gasteiger partial charge on any atom is 0.303 e. The van der Waals surface area contributed by atoms with Crippen LogP contribution in [-0.4, -0.2) is 34.8 Å². The Morgan fingerprint density at radius 3 is 2.52 bits per heavy atom. The lowest BCUT2D eigenvalue weighted by atomic mass is 9.77. The largest absolute Gasteiger partial charge is 0.481 e. The van der Waals surface area contributed by atoms with E-state index in [4.69, 9.17) is 16.3 Å². The molecule has 2 bridgehead atoms. The summed E-state index contributed by atoms with van der Waals surface area (Å²) in [5.74, 6) is 6.03. The Hall–Kier alpha value is -0.660. The molecule has 4 atom stereocenters. The minimum absolute atomic E-state index is 0.317. The molecule has 1 N–H and O–H groups in total. The van der Waals surface area contributed by atoms with Crippen molar-refractivity contribution < 1.29 is 14.6 Å². The number of aliphatic carboxylic acids is 1. The van der Waals surface area contributed by atoms with Crippen molar-refractivity contribution in [1.29, 1.82) is 0 Å². The number of terminal acetylenes is 1. The van der Waals surface area contributed by atoms with Gasteiger partial charge in [0.05, 0.1) is 12.2 Å². The smallest absolute Gasteiger partial charge is 0.303 e. The van der Waals surface area contributed by atoms with Crippen molar-refractivity contribution >= 4 is 17.7 Å². The molecular weight excluding hydrogens is 332 g/mol. The Kier molecular flexibility index (Phi) is 9.80. The third-order valence-electron chi connectivity index (χ3n) is 5.69. The van der Waals surface area contributed by atoms with Crippen LogP contribution in [0, 0.1) is 24.2 Å². The Morgan fingerprint density at radius 2 is 1.76 bits per heavy atom. The molecule has 0 saturated carbocycles. The molecule has 2 fully saturated rings. The molecule has 0 aromatic heterocycles. The quantitative estimate of drug-likeness (QED) is 0.342. The van der Waals surface area contributed by atoms with Gasteiger partial charge in [-0.05, 0) is 61.9 Å². The van der Waals surface area contributed by atoms with Crippen molar-refractivity contribution in [2.75, 3.05) is 11.5 Å². The summed E-state index contributed by atoms with van der Waals surface area (Å²) in [6.07, 6.45) is 19.3. The van der Waals surface area contributed by atoms with Crippen molar-refractivity contribution in [3.05, 3.63) is 0 Å². The van der Waals surface area contributed by atoms with Gasteiger partial charge in [-0.25, -0.2) is 0 Å². The molecule has 0 amide bonds. The fourth-order valence-electron chi connectivity index (χ4n) is 4.34. The summed E-state index contributed by atoms with van der Waals surface area (Å²) in [5.41, 5.74) is 0. The highest BCUT2D eigenvalue weighted by Gasteiger charge is 2.47. The molecule has 4 heteroatoms. The van der Waals surface area contributed by atoms with Crippen LogP contribution in [0.15, 0.2) is 0 Å². The number of hydrogen-bond donors (Lipinski definition) is 1. The maximum atomic E-state index is 10.5. The van der Waals surface area contributed by atoms with Gasteiger partial charge in [-0.2, -0.15) is 11.8 Å². The van der Waals surface area contributed by atoms with Crippen LogP contribution in [0.4, 0.5) is 0 Å². The van der Waals surface area contributed by atoms with Gasteiger partial charge in [0.1, 0.15) is 0 Å². The van der Waals surface area contributed by atoms with Gasteiger partial charge >= 0.3 is 5.97 Å². The van der Waals surface area contributed by atoms with E-state index in [1.807, 2.05) is 0 Å². The van der Waals surface area contributed by atoms with Gasteiger partial charge in [-0.1, -0.05) is 25.7 Å². The molecule has 0 aromatic rings. The van der Waals surface area contributed by atoms with Crippen LogP contribution in [0.25, 0.3) is 0 Å². The molecule has 3 nitrogen and oxygen atoms in total. The molecule has 0 radical (unpaired) electrons. The second-order valence-corrected chi connectivity index (χ2v) is 8.70. The van der Waals surface area contributed by atoms with E-state index in [2.05, 4.69) is 17.7 Å². The molecule has 0 aliphatic carbocycles. The standard InChI is InChI=1S/C21H34O3S/c1-2-3-4-7-10-15-25-16-18-17(19-13-14-20(18)24-19)11-8-5-6-9-12-21(22)23/h1,17-20H,3-16H2,(H,22,23)/t17-,18+,19-,20+/m1/s1. The molecule has 2 saturated heterocycles. The van der Waals surface area contributed by atoms with Crippen molar-refractivity contribution in [3.63, 3.8) is 0 Å². The zero-order chi connectivity index (χ0) is 17.9. The van der Waals surface area contributed by atoms with Crippen LogP contribution in [0.3, 0.4) is 0 Å². The number of fused-ring (bicyclic) bond motifs is 2. The van der Waals surface area contributed by atoms with Crippen LogP contribution < -0.4 is 0 Å². The van der Waals surface area contributed by atoms with E-state index in [1.165, 1.54) is 56.5 Å². The first-order valence-corrected chi connectivity index (χ1v) is 11.3. The molecule has 2 heterocycles. The van der Waals surface area contributed by atoms with Crippen molar-refractivity contribution in [2.24, 2.45) is 11.8 Å². The highest BCUT2D eigenvalue weighted by Crippen LogP contribution is 2.46. The second kappa shape index (κ2) is 11.9. The molecule has 0 aromatic carbocycles. The van der Waals surface area contributed by atoms with Crippen LogP contribution in [0.5, 0.6) is 0 Å². The molecule has 25 heavy (non-hydrogen) atoms. The summed E-state index contributed by atoms with van der Waals surface area (Å²) in [6.45, 7) is 0. The molecule has 2 aliphatic rings. The Bertz CT molecular complexity index is 431. The van der Waals surface area contributed by atoms with Gasteiger partial charge in [0, 0.05) is 12.8 Å². The van der Waals surface area contributed by atoms with Gasteiger partial charge in [-0.15, -0.1) is 12.3 Å². The summed E-state index contributed by atoms with van der Waals surface area (Å²) in [5, 5.41) is 8.68. The topological polar surface area (TPSA) is 46.5 Å². The lowest BCUT2D eigenvalue weighted by molar-refractivity contribution is -0.137. The number of rotatable bonds is 14. The van der Waals surface area contributed by atoms with Crippen LogP contribution in [-0.2, 0) is 9.53 Å². The molecule has 0 unspecified atom stereocenters. The lowest BCUT2D eigenvalue weighted by Gasteiger charge is -2.27. The highest BCUT2D eigenvalue weighted by atomic mass is 32.2. The molecule has 2 rings (SSSR count). The Morgan fingerprint density at radius 1 is 1.04 bits per heavy atom. The number of hydrogen-bond acceptors (Lipinski definition) is 3. The van der Waals surface area contributed by atoms with Gasteiger partial charge < -0.3 is 9.84 Å². The summed E-state index contributed by atoms with van der Waals surface area (Å²) in [7, 11) is 0. The fraction of sp³-hybridized carbons (Fsp3) is 0.857. The fourth-order valence-corrected chi connectivity index (χ4v) is 5.65. The summed E-state index contributed by atoms with van der Waals surface area (Å²) < 4.78 is 6.20. The van der Waals surface area contributed by atoms with Crippen LogP contribution in [0.2, 0.25) is 0 Å². The zero-order valence-corrected chi connectivity index (χ0v) is 16.3. The van der Waals surface area contributed by atoms with E-state index in [0.29, 0.717) is 18.6 Å². The maximum absolute atomic E-state index is 10.5. The Balaban J connectivity index is 1.58. The molecule has 2 aliphatic heterocycles. The summed E-state index contributed by atoms with van der Waals surface area (Å²) in [4.78, 5) is 10.5. The number of carboxylic acids is 1. The SMILES string of the molecule is C#CCCCCCSC[C@H]1[C@@H](CCCCCCC(=O)O)[C@H]2CC[C@@H]1O2. The molecule has 142 valence electrons. The van der Waals surface area contributed by atoms with Gasteiger partial charge in [-0.3, -0.25) is 4.79 Å². The minimum Gasteiger partial charge on any atom is -0.481 e. The average Bonchev–Trinajstić information content (AvgIpc) is 3.19. The monoisotopic (exact) mass is 366 g/mol. The van der Waals surface area contributed by atoms with Crippen molar-refractivity contribution in [3.8, 4) is 12.3 Å². The normalized spacial score (nSPS) is 27.5. The first-order chi connectivity index (χ1) is 12.2. The van der Waals surface area contributed by atoms with Gasteiger partial charge in [0.15, 0.2) is 0 Å². The second-order valence-electron chi connectivity index (χ2n) is 7.55. The van der Waals surface area contributed by atoms with E-state index in [9.17, 15) is 4.79 Å². The van der Waals surface area contributed by atoms with Crippen molar-refractivity contribution in [2.45, 2.75) is 89.3 Å².